The molecule has 0 aliphatic carbocycles. The van der Waals surface area contributed by atoms with Crippen molar-refractivity contribution in [3.05, 3.63) is 55.5 Å². The Bertz CT molecular complexity index is 813. The number of rotatable bonds is 12. The Morgan fingerprint density at radius 1 is 0.697 bits per heavy atom. The van der Waals surface area contributed by atoms with E-state index in [-0.39, 0.29) is 25.0 Å². The molecule has 0 fully saturated rings. The van der Waals surface area contributed by atoms with Gasteiger partial charge in [0.05, 0.1) is 33.3 Å². The van der Waals surface area contributed by atoms with Gasteiger partial charge in [-0.05, 0) is 60.1 Å². The lowest BCUT2D eigenvalue weighted by atomic mass is 9.78. The van der Waals surface area contributed by atoms with Gasteiger partial charge in [-0.15, -0.1) is 0 Å². The second kappa shape index (κ2) is 12.7. The molecule has 2 aromatic carbocycles. The lowest BCUT2D eigenvalue weighted by Crippen LogP contribution is -2.20. The summed E-state index contributed by atoms with van der Waals surface area (Å²) in [6.45, 7) is 9.08. The van der Waals surface area contributed by atoms with Gasteiger partial charge in [0.15, 0.2) is 11.5 Å². The minimum absolute atomic E-state index is 0.107. The summed E-state index contributed by atoms with van der Waals surface area (Å²) in [5.74, 6) is 1.21. The van der Waals surface area contributed by atoms with Gasteiger partial charge < -0.3 is 19.7 Å². The van der Waals surface area contributed by atoms with Gasteiger partial charge in [0.25, 0.3) is 0 Å². The molecule has 0 saturated carbocycles. The normalized spacial score (nSPS) is 13.6. The van der Waals surface area contributed by atoms with Crippen molar-refractivity contribution in [1.82, 2.24) is 0 Å². The van der Waals surface area contributed by atoms with Gasteiger partial charge in [-0.3, -0.25) is 0 Å². The highest BCUT2D eigenvalue weighted by Crippen LogP contribution is 2.44. The smallest absolute Gasteiger partial charge is 0.156 e. The van der Waals surface area contributed by atoms with Crippen molar-refractivity contribution in [3.63, 3.8) is 0 Å². The monoisotopic (exact) mass is 536 g/mol. The Kier molecular flexibility index (Phi) is 10.9. The first-order valence-electron chi connectivity index (χ1n) is 11.0. The van der Waals surface area contributed by atoms with Crippen LogP contribution in [-0.2, 0) is 5.41 Å². The van der Waals surface area contributed by atoms with Crippen LogP contribution in [0.1, 0.15) is 51.7 Å². The fraction of sp³-hybridized carbons (Fsp3) is 0.520. The fourth-order valence-electron chi connectivity index (χ4n) is 3.34. The van der Waals surface area contributed by atoms with Crippen LogP contribution in [0.5, 0.6) is 11.5 Å². The van der Waals surface area contributed by atoms with Crippen LogP contribution in [0.15, 0.2) is 24.3 Å². The summed E-state index contributed by atoms with van der Waals surface area (Å²) >= 11 is 26.1. The number of aliphatic hydroxyl groups excluding tert-OH is 2. The van der Waals surface area contributed by atoms with Crippen molar-refractivity contribution in [3.8, 4) is 11.5 Å². The topological polar surface area (TPSA) is 58.9 Å². The van der Waals surface area contributed by atoms with Gasteiger partial charge in [-0.1, -0.05) is 74.1 Å². The van der Waals surface area contributed by atoms with Crippen LogP contribution in [0, 0.1) is 11.8 Å². The van der Waals surface area contributed by atoms with Gasteiger partial charge in [-0.25, -0.2) is 0 Å². The van der Waals surface area contributed by atoms with Crippen LogP contribution in [0.3, 0.4) is 0 Å². The summed E-state index contributed by atoms with van der Waals surface area (Å²) in [7, 11) is 0. The van der Waals surface area contributed by atoms with Crippen molar-refractivity contribution in [2.45, 2.75) is 46.0 Å². The molecule has 2 N–H and O–H groups in total. The van der Waals surface area contributed by atoms with Crippen LogP contribution >= 0.6 is 46.4 Å². The molecule has 0 heterocycles. The maximum Gasteiger partial charge on any atom is 0.156 e. The van der Waals surface area contributed by atoms with Gasteiger partial charge in [-0.2, -0.15) is 0 Å². The first-order chi connectivity index (χ1) is 15.5. The highest BCUT2D eigenvalue weighted by Gasteiger charge is 2.28. The Balaban J connectivity index is 2.28. The van der Waals surface area contributed by atoms with Crippen molar-refractivity contribution < 1.29 is 19.7 Å². The second-order valence-electron chi connectivity index (χ2n) is 9.02. The Hall–Kier alpha value is -0.880. The van der Waals surface area contributed by atoms with E-state index >= 15 is 0 Å². The van der Waals surface area contributed by atoms with Gasteiger partial charge in [0.1, 0.15) is 0 Å². The molecule has 2 unspecified atom stereocenters. The molecule has 0 aromatic heterocycles. The molecule has 0 bridgehead atoms. The molecule has 0 aliphatic rings. The minimum Gasteiger partial charge on any atom is -0.490 e. The number of hydrogen-bond acceptors (Lipinski definition) is 4. The summed E-state index contributed by atoms with van der Waals surface area (Å²) < 4.78 is 11.6. The Morgan fingerprint density at radius 3 is 1.27 bits per heavy atom. The molecule has 2 atom stereocenters. The number of ether oxygens (including phenoxy) is 2. The molecule has 4 nitrogen and oxygen atoms in total. The average molecular weight is 538 g/mol. The first kappa shape index (κ1) is 28.4. The predicted molar refractivity (Wildman–Crippen MR) is 138 cm³/mol. The maximum absolute atomic E-state index is 9.07. The van der Waals surface area contributed by atoms with Gasteiger partial charge in [0.2, 0.25) is 0 Å². The molecular formula is C25H32Cl4O4. The number of halogens is 4. The zero-order valence-electron chi connectivity index (χ0n) is 19.4. The van der Waals surface area contributed by atoms with Crippen LogP contribution < -0.4 is 9.47 Å². The molecule has 0 saturated heterocycles. The zero-order valence-corrected chi connectivity index (χ0v) is 22.5. The SMILES string of the molecule is CC(CCO)COc1c(Cl)cc(C(C)(C)c2cc(Cl)c(OCC(C)CCO)c(Cl)c2)cc1Cl. The van der Waals surface area contributed by atoms with E-state index in [0.29, 0.717) is 57.6 Å². The van der Waals surface area contributed by atoms with Gasteiger partial charge >= 0.3 is 0 Å². The lowest BCUT2D eigenvalue weighted by molar-refractivity contribution is 0.208. The van der Waals surface area contributed by atoms with E-state index in [1.165, 1.54) is 0 Å². The first-order valence-corrected chi connectivity index (χ1v) is 12.5. The zero-order chi connectivity index (χ0) is 24.8. The summed E-state index contributed by atoms with van der Waals surface area (Å²) in [6, 6.07) is 7.34. The standard InChI is InChI=1S/C25H32Cl4O4/c1-15(5-7-30)13-32-23-19(26)9-17(10-20(23)27)25(3,4)18-11-21(28)24(22(29)12-18)33-14-16(2)6-8-31/h9-12,15-16,30-31H,5-8,13-14H2,1-4H3. The van der Waals surface area contributed by atoms with Crippen LogP contribution in [0.4, 0.5) is 0 Å². The van der Waals surface area contributed by atoms with E-state index in [4.69, 9.17) is 66.1 Å². The number of hydrogen-bond donors (Lipinski definition) is 2. The average Bonchev–Trinajstić information content (AvgIpc) is 2.72. The third-order valence-corrected chi connectivity index (χ3v) is 6.83. The van der Waals surface area contributed by atoms with Gasteiger partial charge in [0, 0.05) is 18.6 Å². The van der Waals surface area contributed by atoms with Crippen molar-refractivity contribution in [2.75, 3.05) is 26.4 Å². The van der Waals surface area contributed by atoms with E-state index in [2.05, 4.69) is 0 Å². The molecule has 0 amide bonds. The van der Waals surface area contributed by atoms with E-state index in [9.17, 15) is 0 Å². The summed E-state index contributed by atoms with van der Waals surface area (Å²) in [5, 5.41) is 19.8. The molecule has 2 aromatic rings. The van der Waals surface area contributed by atoms with E-state index in [1.807, 2.05) is 52.0 Å². The Labute approximate surface area is 216 Å². The van der Waals surface area contributed by atoms with Crippen LogP contribution in [0.25, 0.3) is 0 Å². The maximum atomic E-state index is 9.07. The van der Waals surface area contributed by atoms with E-state index < -0.39 is 5.41 Å². The highest BCUT2D eigenvalue weighted by atomic mass is 35.5. The largest absolute Gasteiger partial charge is 0.490 e. The molecule has 0 aliphatic heterocycles. The molecular weight excluding hydrogens is 506 g/mol. The van der Waals surface area contributed by atoms with E-state index in [0.717, 1.165) is 11.1 Å². The quantitative estimate of drug-likeness (QED) is 0.295. The predicted octanol–water partition coefficient (Wildman–Crippen LogP) is 7.42. The Morgan fingerprint density at radius 2 is 1.00 bits per heavy atom. The van der Waals surface area contributed by atoms with Crippen molar-refractivity contribution in [1.29, 1.82) is 0 Å². The molecule has 8 heteroatoms. The number of benzene rings is 2. The second-order valence-corrected chi connectivity index (χ2v) is 10.6. The lowest BCUT2D eigenvalue weighted by Gasteiger charge is -2.28. The summed E-state index contributed by atoms with van der Waals surface area (Å²) in [4.78, 5) is 0. The highest BCUT2D eigenvalue weighted by molar-refractivity contribution is 6.38. The van der Waals surface area contributed by atoms with Crippen LogP contribution in [-0.4, -0.2) is 36.6 Å². The minimum atomic E-state index is -0.508. The number of aliphatic hydroxyl groups is 2. The van der Waals surface area contributed by atoms with E-state index in [1.54, 1.807) is 0 Å². The van der Waals surface area contributed by atoms with Crippen LogP contribution in [0.2, 0.25) is 20.1 Å². The third-order valence-electron chi connectivity index (χ3n) is 5.71. The molecule has 2 rings (SSSR count). The molecule has 0 radical (unpaired) electrons. The summed E-state index contributed by atoms with van der Waals surface area (Å²) in [6.07, 6.45) is 1.28. The molecule has 33 heavy (non-hydrogen) atoms. The molecule has 0 spiro atoms. The van der Waals surface area contributed by atoms with Crippen molar-refractivity contribution >= 4 is 46.4 Å². The molecule has 184 valence electrons. The fourth-order valence-corrected chi connectivity index (χ4v) is 4.53. The summed E-state index contributed by atoms with van der Waals surface area (Å²) in [5.41, 5.74) is 1.25. The third kappa shape index (κ3) is 7.55. The van der Waals surface area contributed by atoms with Crippen molar-refractivity contribution in [2.24, 2.45) is 11.8 Å².